The summed E-state index contributed by atoms with van der Waals surface area (Å²) in [5.41, 5.74) is 4.37. The summed E-state index contributed by atoms with van der Waals surface area (Å²) in [5, 5.41) is 7.27. The van der Waals surface area contributed by atoms with Crippen LogP contribution in [-0.4, -0.2) is 41.8 Å². The molecular weight excluding hydrogens is 408 g/mol. The molecule has 0 fully saturated rings. The molecule has 1 unspecified atom stereocenters. The lowest BCUT2D eigenvalue weighted by atomic mass is 9.94. The van der Waals surface area contributed by atoms with E-state index < -0.39 is 6.04 Å². The maximum atomic E-state index is 12.7. The van der Waals surface area contributed by atoms with Gasteiger partial charge in [-0.25, -0.2) is 4.79 Å². The van der Waals surface area contributed by atoms with Crippen LogP contribution in [0.5, 0.6) is 11.5 Å². The lowest BCUT2D eigenvalue weighted by Crippen LogP contribution is -2.45. The Kier molecular flexibility index (Phi) is 5.85. The van der Waals surface area contributed by atoms with Gasteiger partial charge in [-0.3, -0.25) is 4.90 Å². The number of aromatic nitrogens is 2. The normalized spacial score (nSPS) is 16.2. The largest absolute Gasteiger partial charge is 0.493 e. The Morgan fingerprint density at radius 1 is 1.06 bits per heavy atom. The van der Waals surface area contributed by atoms with Gasteiger partial charge in [-0.05, 0) is 44.5 Å². The summed E-state index contributed by atoms with van der Waals surface area (Å²) in [5.74, 6) is 1.97. The van der Waals surface area contributed by atoms with Crippen molar-refractivity contribution in [3.8, 4) is 22.9 Å². The molecule has 0 saturated heterocycles. The van der Waals surface area contributed by atoms with Gasteiger partial charge < -0.3 is 19.3 Å². The van der Waals surface area contributed by atoms with Crippen LogP contribution in [0.25, 0.3) is 17.0 Å². The third-order valence-corrected chi connectivity index (χ3v) is 5.62. The summed E-state index contributed by atoms with van der Waals surface area (Å²) in [6.45, 7) is 6.38. The minimum absolute atomic E-state index is 0.154. The summed E-state index contributed by atoms with van der Waals surface area (Å²) < 4.78 is 16.4. The van der Waals surface area contributed by atoms with Gasteiger partial charge >= 0.3 is 6.03 Å². The zero-order chi connectivity index (χ0) is 22.8. The lowest BCUT2D eigenvalue weighted by molar-refractivity contribution is 0.207. The Hall–Kier alpha value is -3.81. The molecule has 0 aliphatic carbocycles. The second kappa shape index (κ2) is 8.74. The summed E-state index contributed by atoms with van der Waals surface area (Å²) in [4.78, 5) is 19.0. The van der Waals surface area contributed by atoms with Gasteiger partial charge in [-0.1, -0.05) is 35.0 Å². The highest BCUT2D eigenvalue weighted by Crippen LogP contribution is 2.38. The molecule has 8 nitrogen and oxygen atoms in total. The number of carbonyl (C=O) groups is 1. The first-order valence-corrected chi connectivity index (χ1v) is 10.4. The minimum atomic E-state index is -0.399. The lowest BCUT2D eigenvalue weighted by Gasteiger charge is -2.34. The molecule has 3 aromatic rings. The van der Waals surface area contributed by atoms with Crippen LogP contribution in [-0.2, 0) is 0 Å². The van der Waals surface area contributed by atoms with Crippen molar-refractivity contribution in [1.29, 1.82) is 0 Å². The Balaban J connectivity index is 1.79. The van der Waals surface area contributed by atoms with E-state index in [2.05, 4.69) is 15.5 Å². The number of benzene rings is 2. The van der Waals surface area contributed by atoms with Crippen LogP contribution in [0.1, 0.15) is 36.9 Å². The van der Waals surface area contributed by atoms with E-state index in [9.17, 15) is 4.79 Å². The number of hydrogen-bond donors (Lipinski definition) is 1. The molecule has 166 valence electrons. The fourth-order valence-electron chi connectivity index (χ4n) is 3.87. The zero-order valence-electron chi connectivity index (χ0n) is 18.8. The average Bonchev–Trinajstić information content (AvgIpc) is 3.28. The Morgan fingerprint density at radius 2 is 1.78 bits per heavy atom. The number of aryl methyl sites for hydroxylation is 1. The maximum absolute atomic E-state index is 12.7. The molecule has 1 aliphatic rings. The fraction of sp³-hybridized carbons (Fsp3) is 0.292. The molecular formula is C24H26N4O4. The molecule has 2 amide bonds. The quantitative estimate of drug-likeness (QED) is 0.611. The van der Waals surface area contributed by atoms with Gasteiger partial charge in [-0.2, -0.15) is 4.98 Å². The van der Waals surface area contributed by atoms with Crippen LogP contribution >= 0.6 is 0 Å². The van der Waals surface area contributed by atoms with E-state index in [-0.39, 0.29) is 6.03 Å². The zero-order valence-corrected chi connectivity index (χ0v) is 18.8. The van der Waals surface area contributed by atoms with E-state index in [1.54, 1.807) is 31.3 Å². The van der Waals surface area contributed by atoms with Crippen molar-refractivity contribution in [2.24, 2.45) is 0 Å². The number of carbonyl (C=O) groups excluding carboxylic acids is 1. The third kappa shape index (κ3) is 3.79. The number of methoxy groups -OCH3 is 2. The van der Waals surface area contributed by atoms with Crippen molar-refractivity contribution in [2.45, 2.75) is 26.8 Å². The fourth-order valence-corrected chi connectivity index (χ4v) is 3.87. The van der Waals surface area contributed by atoms with Crippen molar-refractivity contribution in [3.05, 3.63) is 65.2 Å². The number of urea groups is 1. The van der Waals surface area contributed by atoms with Gasteiger partial charge in [0.15, 0.2) is 11.5 Å². The number of ether oxygens (including phenoxy) is 2. The molecule has 1 aromatic heterocycles. The number of nitrogens with one attached hydrogen (secondary N) is 1. The highest BCUT2D eigenvalue weighted by molar-refractivity contribution is 5.86. The molecule has 2 heterocycles. The first kappa shape index (κ1) is 21.4. The molecule has 1 aliphatic heterocycles. The summed E-state index contributed by atoms with van der Waals surface area (Å²) in [6.07, 6.45) is 0. The van der Waals surface area contributed by atoms with E-state index in [4.69, 9.17) is 14.0 Å². The maximum Gasteiger partial charge on any atom is 0.322 e. The van der Waals surface area contributed by atoms with Crippen LogP contribution in [0, 0.1) is 6.92 Å². The molecule has 1 atom stereocenters. The van der Waals surface area contributed by atoms with Crippen LogP contribution in [0.3, 0.4) is 0 Å². The van der Waals surface area contributed by atoms with E-state index in [1.807, 2.05) is 51.1 Å². The van der Waals surface area contributed by atoms with Gasteiger partial charge in [-0.15, -0.1) is 0 Å². The highest BCUT2D eigenvalue weighted by Gasteiger charge is 2.35. The molecule has 0 radical (unpaired) electrons. The van der Waals surface area contributed by atoms with Gasteiger partial charge in [0, 0.05) is 17.8 Å². The molecule has 0 spiro atoms. The van der Waals surface area contributed by atoms with Crippen LogP contribution < -0.4 is 14.8 Å². The average molecular weight is 434 g/mol. The van der Waals surface area contributed by atoms with Crippen molar-refractivity contribution in [2.75, 3.05) is 20.8 Å². The summed E-state index contributed by atoms with van der Waals surface area (Å²) in [7, 11) is 3.16. The molecule has 32 heavy (non-hydrogen) atoms. The highest BCUT2D eigenvalue weighted by atomic mass is 16.5. The van der Waals surface area contributed by atoms with Crippen LogP contribution in [0.4, 0.5) is 4.79 Å². The monoisotopic (exact) mass is 434 g/mol. The number of rotatable bonds is 6. The number of amides is 2. The topological polar surface area (TPSA) is 89.7 Å². The van der Waals surface area contributed by atoms with Gasteiger partial charge in [0.05, 0.1) is 25.8 Å². The first-order valence-electron chi connectivity index (χ1n) is 10.4. The predicted molar refractivity (Wildman–Crippen MR) is 120 cm³/mol. The third-order valence-electron chi connectivity index (χ3n) is 5.62. The Bertz CT molecular complexity index is 1170. The van der Waals surface area contributed by atoms with Gasteiger partial charge in [0.25, 0.3) is 5.89 Å². The number of allylic oxidation sites excluding steroid dienone is 1. The van der Waals surface area contributed by atoms with Crippen LogP contribution in [0.2, 0.25) is 0 Å². The number of hydrogen-bond acceptors (Lipinski definition) is 6. The smallest absolute Gasteiger partial charge is 0.322 e. The Morgan fingerprint density at radius 3 is 2.44 bits per heavy atom. The van der Waals surface area contributed by atoms with Gasteiger partial charge in [0.2, 0.25) is 5.82 Å². The molecule has 1 N–H and O–H groups in total. The molecule has 0 bridgehead atoms. The van der Waals surface area contributed by atoms with Crippen molar-refractivity contribution in [3.63, 3.8) is 0 Å². The second-order valence-corrected chi connectivity index (χ2v) is 7.53. The van der Waals surface area contributed by atoms with Gasteiger partial charge in [0.1, 0.15) is 0 Å². The minimum Gasteiger partial charge on any atom is -0.493 e. The molecule has 4 rings (SSSR count). The number of nitrogens with zero attached hydrogens (tertiary/aromatic N) is 3. The van der Waals surface area contributed by atoms with E-state index in [0.29, 0.717) is 29.8 Å². The van der Waals surface area contributed by atoms with Crippen LogP contribution in [0.15, 0.2) is 52.7 Å². The van der Waals surface area contributed by atoms with Crippen molar-refractivity contribution >= 4 is 11.6 Å². The molecule has 8 heteroatoms. The van der Waals surface area contributed by atoms with Crippen molar-refractivity contribution < 1.29 is 18.8 Å². The van der Waals surface area contributed by atoms with E-state index >= 15 is 0 Å². The first-order chi connectivity index (χ1) is 15.5. The summed E-state index contributed by atoms with van der Waals surface area (Å²) >= 11 is 0. The second-order valence-electron chi connectivity index (χ2n) is 7.53. The van der Waals surface area contributed by atoms with E-state index in [0.717, 1.165) is 28.0 Å². The van der Waals surface area contributed by atoms with E-state index in [1.165, 1.54) is 0 Å². The van der Waals surface area contributed by atoms with Crippen molar-refractivity contribution in [1.82, 2.24) is 20.4 Å². The standard InChI is InChI=1S/C24H26N4O4/c1-6-28-15(3)20(21(25-24(28)29)16-9-7-14(2)8-10-16)23-26-22(27-32-23)17-11-12-18(30-4)19(13-17)31-5/h7-13,21H,6H2,1-5H3,(H,25,29). The molecule has 0 saturated carbocycles. The SMILES string of the molecule is CCN1C(=O)NC(c2ccc(C)cc2)C(c2nc(-c3ccc(OC)c(OC)c3)no2)=C1C. The molecule has 2 aromatic carbocycles. The Labute approximate surface area is 186 Å². The predicted octanol–water partition coefficient (Wildman–Crippen LogP) is 4.58. The summed E-state index contributed by atoms with van der Waals surface area (Å²) in [6, 6.07) is 12.9.